The molecule has 0 amide bonds. The topological polar surface area (TPSA) is 61.4 Å². The van der Waals surface area contributed by atoms with Crippen LogP contribution in [-0.4, -0.2) is 35.6 Å². The number of aliphatic hydroxyl groups excluding tert-OH is 1. The minimum absolute atomic E-state index is 0.00126. The number of fused-ring (bicyclic) bond motifs is 1. The van der Waals surface area contributed by atoms with Crippen molar-refractivity contribution in [2.45, 2.75) is 45.2 Å². The third kappa shape index (κ3) is 3.38. The van der Waals surface area contributed by atoms with Gasteiger partial charge in [0.05, 0.1) is 12.6 Å². The molecule has 0 saturated heterocycles. The summed E-state index contributed by atoms with van der Waals surface area (Å²) in [5.74, 6) is 0.0694. The van der Waals surface area contributed by atoms with Gasteiger partial charge in [0.25, 0.3) is 0 Å². The number of anilines is 1. The number of carbonyl (C=O) groups is 1. The van der Waals surface area contributed by atoms with Crippen LogP contribution in [0.2, 0.25) is 0 Å². The maximum Gasteiger partial charge on any atom is 0.179 e. The number of benzene rings is 1. The standard InChI is InChI=1S/C16H24N2O2/c1-11(18-16(2,3)10-19)15(20)13-6-7-14-12(9-13)5-4-8-17-14/h6-7,9,11,17-19H,4-5,8,10H2,1-3H3. The molecule has 1 aliphatic rings. The first-order valence-electron chi connectivity index (χ1n) is 7.22. The van der Waals surface area contributed by atoms with Gasteiger partial charge in [0.2, 0.25) is 0 Å². The maximum atomic E-state index is 12.5. The average Bonchev–Trinajstić information content (AvgIpc) is 2.45. The number of hydrogen-bond acceptors (Lipinski definition) is 4. The molecule has 3 N–H and O–H groups in total. The number of nitrogens with one attached hydrogen (secondary N) is 2. The molecule has 110 valence electrons. The third-order valence-corrected chi connectivity index (χ3v) is 3.72. The Kier molecular flexibility index (Phi) is 4.45. The first-order chi connectivity index (χ1) is 9.43. The second-order valence-corrected chi connectivity index (χ2v) is 6.17. The molecule has 4 nitrogen and oxygen atoms in total. The fourth-order valence-electron chi connectivity index (χ4n) is 2.58. The van der Waals surface area contributed by atoms with E-state index in [1.54, 1.807) is 0 Å². The lowest BCUT2D eigenvalue weighted by Crippen LogP contribution is -2.50. The number of aryl methyl sites for hydroxylation is 1. The van der Waals surface area contributed by atoms with E-state index in [9.17, 15) is 9.90 Å². The predicted molar refractivity (Wildman–Crippen MR) is 81.3 cm³/mol. The molecular weight excluding hydrogens is 252 g/mol. The second-order valence-electron chi connectivity index (χ2n) is 6.17. The van der Waals surface area contributed by atoms with Crippen molar-refractivity contribution >= 4 is 11.5 Å². The second kappa shape index (κ2) is 5.94. The van der Waals surface area contributed by atoms with Crippen molar-refractivity contribution in [1.82, 2.24) is 5.32 Å². The highest BCUT2D eigenvalue weighted by Crippen LogP contribution is 2.23. The Morgan fingerprint density at radius 1 is 1.50 bits per heavy atom. The lowest BCUT2D eigenvalue weighted by molar-refractivity contribution is 0.0911. The molecule has 0 spiro atoms. The zero-order chi connectivity index (χ0) is 14.8. The van der Waals surface area contributed by atoms with Crippen molar-refractivity contribution < 1.29 is 9.90 Å². The monoisotopic (exact) mass is 276 g/mol. The first kappa shape index (κ1) is 15.0. The van der Waals surface area contributed by atoms with Gasteiger partial charge in [-0.1, -0.05) is 0 Å². The van der Waals surface area contributed by atoms with Crippen LogP contribution < -0.4 is 10.6 Å². The van der Waals surface area contributed by atoms with Crippen LogP contribution in [0.1, 0.15) is 43.1 Å². The van der Waals surface area contributed by atoms with Crippen LogP contribution in [-0.2, 0) is 6.42 Å². The van der Waals surface area contributed by atoms with Gasteiger partial charge in [-0.15, -0.1) is 0 Å². The lowest BCUT2D eigenvalue weighted by atomic mass is 9.96. The van der Waals surface area contributed by atoms with Crippen molar-refractivity contribution in [3.8, 4) is 0 Å². The van der Waals surface area contributed by atoms with E-state index in [0.717, 1.165) is 30.6 Å². The summed E-state index contributed by atoms with van der Waals surface area (Å²) in [7, 11) is 0. The fourth-order valence-corrected chi connectivity index (χ4v) is 2.58. The predicted octanol–water partition coefficient (Wildman–Crippen LogP) is 1.98. The molecule has 1 aromatic carbocycles. The van der Waals surface area contributed by atoms with Crippen LogP contribution >= 0.6 is 0 Å². The highest BCUT2D eigenvalue weighted by molar-refractivity contribution is 6.00. The van der Waals surface area contributed by atoms with Crippen LogP contribution in [0.15, 0.2) is 18.2 Å². The molecule has 0 bridgehead atoms. The summed E-state index contributed by atoms with van der Waals surface area (Å²) in [6.45, 7) is 6.61. The molecule has 4 heteroatoms. The van der Waals surface area contributed by atoms with Crippen molar-refractivity contribution in [2.24, 2.45) is 0 Å². The molecule has 1 unspecified atom stereocenters. The summed E-state index contributed by atoms with van der Waals surface area (Å²) in [6.07, 6.45) is 2.13. The van der Waals surface area contributed by atoms with E-state index >= 15 is 0 Å². The number of Topliss-reactive ketones (excluding diaryl/α,β-unsaturated/α-hetero) is 1. The summed E-state index contributed by atoms with van der Waals surface area (Å²) < 4.78 is 0. The van der Waals surface area contributed by atoms with Crippen LogP contribution in [0, 0.1) is 0 Å². The molecule has 0 saturated carbocycles. The molecule has 0 fully saturated rings. The van der Waals surface area contributed by atoms with Gasteiger partial charge < -0.3 is 15.7 Å². The molecule has 2 rings (SSSR count). The van der Waals surface area contributed by atoms with Crippen molar-refractivity contribution in [3.63, 3.8) is 0 Å². The zero-order valence-corrected chi connectivity index (χ0v) is 12.5. The minimum atomic E-state index is -0.454. The Labute approximate surface area is 120 Å². The van der Waals surface area contributed by atoms with Gasteiger partial charge in [-0.05, 0) is 57.4 Å². The third-order valence-electron chi connectivity index (χ3n) is 3.72. The summed E-state index contributed by atoms with van der Waals surface area (Å²) in [4.78, 5) is 12.5. The molecule has 1 heterocycles. The molecule has 1 aromatic rings. The molecule has 1 aliphatic heterocycles. The van der Waals surface area contributed by atoms with E-state index in [0.29, 0.717) is 0 Å². The van der Waals surface area contributed by atoms with E-state index in [1.807, 2.05) is 39.0 Å². The van der Waals surface area contributed by atoms with E-state index in [-0.39, 0.29) is 18.4 Å². The largest absolute Gasteiger partial charge is 0.394 e. The number of aliphatic hydroxyl groups is 1. The van der Waals surface area contributed by atoms with Gasteiger partial charge >= 0.3 is 0 Å². The summed E-state index contributed by atoms with van der Waals surface area (Å²) in [5, 5.41) is 15.8. The van der Waals surface area contributed by atoms with Crippen LogP contribution in [0.25, 0.3) is 0 Å². The van der Waals surface area contributed by atoms with Crippen LogP contribution in [0.4, 0.5) is 5.69 Å². The van der Waals surface area contributed by atoms with E-state index in [4.69, 9.17) is 0 Å². The fraction of sp³-hybridized carbons (Fsp3) is 0.562. The van der Waals surface area contributed by atoms with Crippen molar-refractivity contribution in [2.75, 3.05) is 18.5 Å². The number of carbonyl (C=O) groups excluding carboxylic acids is 1. The SMILES string of the molecule is CC(NC(C)(C)CO)C(=O)c1ccc2c(c1)CCCN2. The Hall–Kier alpha value is -1.39. The molecular formula is C16H24N2O2. The van der Waals surface area contributed by atoms with Crippen LogP contribution in [0.5, 0.6) is 0 Å². The molecule has 1 atom stereocenters. The number of hydrogen-bond donors (Lipinski definition) is 3. The number of ketones is 1. The quantitative estimate of drug-likeness (QED) is 0.720. The van der Waals surface area contributed by atoms with Gasteiger partial charge in [-0.3, -0.25) is 4.79 Å². The number of rotatable bonds is 5. The average molecular weight is 276 g/mol. The summed E-state index contributed by atoms with van der Waals surface area (Å²) in [5.41, 5.74) is 2.64. The minimum Gasteiger partial charge on any atom is -0.394 e. The summed E-state index contributed by atoms with van der Waals surface area (Å²) >= 11 is 0. The van der Waals surface area contributed by atoms with E-state index in [1.165, 1.54) is 5.56 Å². The Morgan fingerprint density at radius 3 is 2.95 bits per heavy atom. The van der Waals surface area contributed by atoms with E-state index < -0.39 is 5.54 Å². The highest BCUT2D eigenvalue weighted by atomic mass is 16.3. The lowest BCUT2D eigenvalue weighted by Gasteiger charge is -2.27. The maximum absolute atomic E-state index is 12.5. The van der Waals surface area contributed by atoms with Crippen LogP contribution in [0.3, 0.4) is 0 Å². The zero-order valence-electron chi connectivity index (χ0n) is 12.5. The Bertz CT molecular complexity index is 497. The van der Waals surface area contributed by atoms with Gasteiger partial charge in [-0.25, -0.2) is 0 Å². The summed E-state index contributed by atoms with van der Waals surface area (Å²) in [6, 6.07) is 5.55. The molecule has 0 aliphatic carbocycles. The van der Waals surface area contributed by atoms with Crippen molar-refractivity contribution in [3.05, 3.63) is 29.3 Å². The normalized spacial score (nSPS) is 16.2. The molecule has 20 heavy (non-hydrogen) atoms. The van der Waals surface area contributed by atoms with Gasteiger partial charge in [0.15, 0.2) is 5.78 Å². The Balaban J connectivity index is 2.12. The van der Waals surface area contributed by atoms with Crippen molar-refractivity contribution in [1.29, 1.82) is 0 Å². The van der Waals surface area contributed by atoms with Gasteiger partial charge in [0, 0.05) is 23.3 Å². The highest BCUT2D eigenvalue weighted by Gasteiger charge is 2.24. The molecule has 0 aromatic heterocycles. The molecule has 0 radical (unpaired) electrons. The van der Waals surface area contributed by atoms with Gasteiger partial charge in [0.1, 0.15) is 0 Å². The smallest absolute Gasteiger partial charge is 0.179 e. The Morgan fingerprint density at radius 2 is 2.25 bits per heavy atom. The first-order valence-corrected chi connectivity index (χ1v) is 7.22. The van der Waals surface area contributed by atoms with Gasteiger partial charge in [-0.2, -0.15) is 0 Å². The van der Waals surface area contributed by atoms with E-state index in [2.05, 4.69) is 10.6 Å².